The lowest BCUT2D eigenvalue weighted by Gasteiger charge is -2.12. The summed E-state index contributed by atoms with van der Waals surface area (Å²) in [5.74, 6) is 0.630. The monoisotopic (exact) mass is 384 g/mol. The minimum Gasteiger partial charge on any atom is -0.380 e. The number of rotatable bonds is 8. The molecule has 0 saturated carbocycles. The number of aliphatic imine (C=N–C) groups is 1. The zero-order valence-electron chi connectivity index (χ0n) is 13.9. The normalized spacial score (nSPS) is 11.2. The highest BCUT2D eigenvalue weighted by Crippen LogP contribution is 2.19. The summed E-state index contributed by atoms with van der Waals surface area (Å²) < 4.78 is 6.24. The van der Waals surface area contributed by atoms with Gasteiger partial charge in [-0.1, -0.05) is 15.9 Å². The van der Waals surface area contributed by atoms with Gasteiger partial charge in [0.1, 0.15) is 0 Å². The molecule has 1 aromatic rings. The highest BCUT2D eigenvalue weighted by molar-refractivity contribution is 9.10. The number of anilines is 1. The number of halogens is 1. The first-order valence-electron chi connectivity index (χ1n) is 7.65. The van der Waals surface area contributed by atoms with Crippen LogP contribution >= 0.6 is 15.9 Å². The number of nitrogens with zero attached hydrogens (tertiary/aromatic N) is 1. The number of ether oxygens (including phenoxy) is 1. The van der Waals surface area contributed by atoms with Gasteiger partial charge in [0.05, 0.1) is 6.61 Å². The van der Waals surface area contributed by atoms with E-state index >= 15 is 0 Å². The molecule has 1 amide bonds. The van der Waals surface area contributed by atoms with Crippen molar-refractivity contribution in [2.75, 3.05) is 38.7 Å². The van der Waals surface area contributed by atoms with Gasteiger partial charge in [0.25, 0.3) is 0 Å². The van der Waals surface area contributed by atoms with Crippen LogP contribution in [0.2, 0.25) is 0 Å². The predicted molar refractivity (Wildman–Crippen MR) is 98.0 cm³/mol. The smallest absolute Gasteiger partial charge is 0.226 e. The molecule has 0 fully saturated rings. The zero-order chi connectivity index (χ0) is 17.1. The molecule has 23 heavy (non-hydrogen) atoms. The molecule has 0 unspecified atom stereocenters. The van der Waals surface area contributed by atoms with Crippen molar-refractivity contribution >= 4 is 33.5 Å². The molecule has 0 aliphatic rings. The Labute approximate surface area is 146 Å². The van der Waals surface area contributed by atoms with E-state index in [1.165, 1.54) is 0 Å². The molecule has 0 aromatic heterocycles. The maximum absolute atomic E-state index is 12.0. The summed E-state index contributed by atoms with van der Waals surface area (Å²) in [6.07, 6.45) is 0.363. The van der Waals surface area contributed by atoms with Crippen molar-refractivity contribution in [3.8, 4) is 0 Å². The van der Waals surface area contributed by atoms with E-state index in [9.17, 15) is 4.79 Å². The maximum atomic E-state index is 12.0. The van der Waals surface area contributed by atoms with Crippen molar-refractivity contribution < 1.29 is 9.53 Å². The number of benzene rings is 1. The number of guanidine groups is 1. The maximum Gasteiger partial charge on any atom is 0.226 e. The molecule has 0 aliphatic carbocycles. The van der Waals surface area contributed by atoms with Gasteiger partial charge in [-0.25, -0.2) is 0 Å². The Morgan fingerprint density at radius 1 is 1.30 bits per heavy atom. The van der Waals surface area contributed by atoms with Crippen LogP contribution in [0.15, 0.2) is 27.7 Å². The first kappa shape index (κ1) is 19.4. The summed E-state index contributed by atoms with van der Waals surface area (Å²) in [5, 5.41) is 9.13. The van der Waals surface area contributed by atoms with Crippen LogP contribution in [0.25, 0.3) is 0 Å². The summed E-state index contributed by atoms with van der Waals surface area (Å²) >= 11 is 3.41. The van der Waals surface area contributed by atoms with E-state index in [-0.39, 0.29) is 5.91 Å². The minimum atomic E-state index is -0.0345. The fourth-order valence-electron chi connectivity index (χ4n) is 1.88. The molecule has 1 aromatic carbocycles. The van der Waals surface area contributed by atoms with E-state index in [4.69, 9.17) is 4.74 Å². The standard InChI is InChI=1S/C16H25BrN4O2/c1-4-23-10-9-20-16(18-3)19-8-7-15(22)21-14-6-5-13(17)11-12(14)2/h5-6,11H,4,7-10H2,1-3H3,(H,21,22)(H2,18,19,20). The Balaban J connectivity index is 2.29. The molecule has 0 aliphatic heterocycles. The summed E-state index contributed by atoms with van der Waals surface area (Å²) in [4.78, 5) is 16.1. The second-order valence-corrected chi connectivity index (χ2v) is 5.80. The fraction of sp³-hybridized carbons (Fsp3) is 0.500. The van der Waals surface area contributed by atoms with Gasteiger partial charge in [0.2, 0.25) is 5.91 Å². The first-order chi connectivity index (χ1) is 11.1. The van der Waals surface area contributed by atoms with Gasteiger partial charge in [-0.3, -0.25) is 9.79 Å². The van der Waals surface area contributed by atoms with Crippen LogP contribution in [-0.4, -0.2) is 45.2 Å². The number of nitrogens with one attached hydrogen (secondary N) is 3. The van der Waals surface area contributed by atoms with E-state index in [0.717, 1.165) is 15.7 Å². The third-order valence-corrected chi connectivity index (χ3v) is 3.57. The predicted octanol–water partition coefficient (Wildman–Crippen LogP) is 2.29. The molecule has 7 heteroatoms. The van der Waals surface area contributed by atoms with Crippen LogP contribution in [0.5, 0.6) is 0 Å². The quantitative estimate of drug-likeness (QED) is 0.365. The van der Waals surface area contributed by atoms with Crippen molar-refractivity contribution in [1.29, 1.82) is 0 Å². The van der Waals surface area contributed by atoms with Crippen molar-refractivity contribution in [2.45, 2.75) is 20.3 Å². The Kier molecular flexibility index (Phi) is 9.31. The summed E-state index contributed by atoms with van der Waals surface area (Å²) in [6.45, 7) is 6.43. The summed E-state index contributed by atoms with van der Waals surface area (Å²) in [5.41, 5.74) is 1.85. The van der Waals surface area contributed by atoms with E-state index in [0.29, 0.717) is 38.7 Å². The van der Waals surface area contributed by atoms with Crippen molar-refractivity contribution in [3.05, 3.63) is 28.2 Å². The lowest BCUT2D eigenvalue weighted by Crippen LogP contribution is -2.40. The van der Waals surface area contributed by atoms with Crippen LogP contribution in [0.4, 0.5) is 5.69 Å². The van der Waals surface area contributed by atoms with E-state index in [1.54, 1.807) is 7.05 Å². The van der Waals surface area contributed by atoms with Crippen molar-refractivity contribution in [3.63, 3.8) is 0 Å². The zero-order valence-corrected chi connectivity index (χ0v) is 15.5. The summed E-state index contributed by atoms with van der Waals surface area (Å²) in [7, 11) is 1.70. The van der Waals surface area contributed by atoms with Gasteiger partial charge >= 0.3 is 0 Å². The largest absolute Gasteiger partial charge is 0.380 e. The topological polar surface area (TPSA) is 74.8 Å². The number of hydrogen-bond acceptors (Lipinski definition) is 3. The number of amides is 1. The number of carbonyl (C=O) groups excluding carboxylic acids is 1. The Morgan fingerprint density at radius 3 is 2.70 bits per heavy atom. The Bertz CT molecular complexity index is 535. The molecule has 1 rings (SSSR count). The molecule has 0 bridgehead atoms. The molecule has 3 N–H and O–H groups in total. The van der Waals surface area contributed by atoms with Crippen LogP contribution in [0.3, 0.4) is 0 Å². The van der Waals surface area contributed by atoms with Crippen molar-refractivity contribution in [1.82, 2.24) is 10.6 Å². The van der Waals surface area contributed by atoms with Gasteiger partial charge < -0.3 is 20.7 Å². The molecule has 0 atom stereocenters. The molecule has 0 spiro atoms. The van der Waals surface area contributed by atoms with Gasteiger partial charge in [0.15, 0.2) is 5.96 Å². The van der Waals surface area contributed by atoms with E-state index in [2.05, 4.69) is 36.9 Å². The fourth-order valence-corrected chi connectivity index (χ4v) is 2.36. The second kappa shape index (κ2) is 11.0. The van der Waals surface area contributed by atoms with E-state index in [1.807, 2.05) is 32.0 Å². The highest BCUT2D eigenvalue weighted by Gasteiger charge is 2.05. The first-order valence-corrected chi connectivity index (χ1v) is 8.44. The average molecular weight is 385 g/mol. The second-order valence-electron chi connectivity index (χ2n) is 4.88. The Morgan fingerprint density at radius 2 is 2.04 bits per heavy atom. The van der Waals surface area contributed by atoms with Crippen LogP contribution in [0.1, 0.15) is 18.9 Å². The van der Waals surface area contributed by atoms with E-state index < -0.39 is 0 Å². The molecule has 6 nitrogen and oxygen atoms in total. The number of aryl methyl sites for hydroxylation is 1. The third-order valence-electron chi connectivity index (χ3n) is 3.07. The lowest BCUT2D eigenvalue weighted by atomic mass is 10.2. The van der Waals surface area contributed by atoms with Crippen LogP contribution in [-0.2, 0) is 9.53 Å². The van der Waals surface area contributed by atoms with Gasteiger partial charge in [-0.15, -0.1) is 0 Å². The van der Waals surface area contributed by atoms with Crippen LogP contribution < -0.4 is 16.0 Å². The third kappa shape index (κ3) is 7.99. The highest BCUT2D eigenvalue weighted by atomic mass is 79.9. The van der Waals surface area contributed by atoms with Gasteiger partial charge in [0, 0.05) is 43.3 Å². The molecular weight excluding hydrogens is 360 g/mol. The average Bonchev–Trinajstić information content (AvgIpc) is 2.52. The number of carbonyl (C=O) groups is 1. The molecule has 0 radical (unpaired) electrons. The molecule has 0 saturated heterocycles. The summed E-state index contributed by atoms with van der Waals surface area (Å²) in [6, 6.07) is 5.77. The molecule has 0 heterocycles. The lowest BCUT2D eigenvalue weighted by molar-refractivity contribution is -0.116. The minimum absolute atomic E-state index is 0.0345. The molecule has 128 valence electrons. The van der Waals surface area contributed by atoms with Gasteiger partial charge in [-0.2, -0.15) is 0 Å². The molecular formula is C16H25BrN4O2. The number of hydrogen-bond donors (Lipinski definition) is 3. The van der Waals surface area contributed by atoms with Gasteiger partial charge in [-0.05, 0) is 37.6 Å². The van der Waals surface area contributed by atoms with Crippen molar-refractivity contribution in [2.24, 2.45) is 4.99 Å². The Hall–Kier alpha value is -1.60. The SMILES string of the molecule is CCOCCNC(=NC)NCCC(=O)Nc1ccc(Br)cc1C. The van der Waals surface area contributed by atoms with Crippen LogP contribution in [0, 0.1) is 6.92 Å².